The van der Waals surface area contributed by atoms with E-state index in [0.29, 0.717) is 0 Å². The maximum Gasteiger partial charge on any atom is 0.193 e. The molecule has 0 amide bonds. The highest BCUT2D eigenvalue weighted by atomic mass is 127. The molecule has 6 heteroatoms. The van der Waals surface area contributed by atoms with Gasteiger partial charge in [-0.2, -0.15) is 0 Å². The third kappa shape index (κ3) is 6.40. The molecule has 0 spiro atoms. The predicted molar refractivity (Wildman–Crippen MR) is 118 cm³/mol. The van der Waals surface area contributed by atoms with Gasteiger partial charge in [0.05, 0.1) is 14.2 Å². The zero-order chi connectivity index (χ0) is 18.1. The molecule has 0 atom stereocenters. The minimum Gasteiger partial charge on any atom is -0.493 e. The fourth-order valence-electron chi connectivity index (χ4n) is 2.67. The second-order valence-corrected chi connectivity index (χ2v) is 5.75. The Morgan fingerprint density at radius 3 is 2.31 bits per heavy atom. The number of nitrogens with zero attached hydrogens (tertiary/aromatic N) is 2. The lowest BCUT2D eigenvalue weighted by atomic mass is 10.1. The molecule has 0 aliphatic rings. The van der Waals surface area contributed by atoms with Crippen molar-refractivity contribution in [1.82, 2.24) is 10.2 Å². The minimum atomic E-state index is 0. The van der Waals surface area contributed by atoms with E-state index < -0.39 is 0 Å². The molecular weight excluding hydrogens is 441 g/mol. The molecule has 0 saturated carbocycles. The van der Waals surface area contributed by atoms with Gasteiger partial charge in [-0.3, -0.25) is 4.99 Å². The molecule has 26 heavy (non-hydrogen) atoms. The first-order chi connectivity index (χ1) is 12.2. The minimum absolute atomic E-state index is 0. The summed E-state index contributed by atoms with van der Waals surface area (Å²) in [5.74, 6) is 2.38. The van der Waals surface area contributed by atoms with E-state index in [0.717, 1.165) is 37.0 Å². The fourth-order valence-corrected chi connectivity index (χ4v) is 2.67. The van der Waals surface area contributed by atoms with Crippen LogP contribution in [0.2, 0.25) is 0 Å². The summed E-state index contributed by atoms with van der Waals surface area (Å²) in [7, 11) is 7.14. The lowest BCUT2D eigenvalue weighted by Crippen LogP contribution is -2.39. The first-order valence-corrected chi connectivity index (χ1v) is 8.34. The summed E-state index contributed by atoms with van der Waals surface area (Å²) in [6.45, 7) is 1.61. The van der Waals surface area contributed by atoms with Crippen LogP contribution in [0.15, 0.2) is 53.5 Å². The molecule has 2 aromatic rings. The Morgan fingerprint density at radius 2 is 1.69 bits per heavy atom. The zero-order valence-electron chi connectivity index (χ0n) is 15.9. The molecule has 5 nitrogen and oxygen atoms in total. The van der Waals surface area contributed by atoms with Gasteiger partial charge in [-0.15, -0.1) is 24.0 Å². The molecule has 0 aliphatic heterocycles. The molecule has 0 aromatic heterocycles. The monoisotopic (exact) mass is 469 g/mol. The summed E-state index contributed by atoms with van der Waals surface area (Å²) in [4.78, 5) is 6.48. The van der Waals surface area contributed by atoms with Crippen LogP contribution < -0.4 is 14.8 Å². The number of methoxy groups -OCH3 is 2. The van der Waals surface area contributed by atoms with Crippen molar-refractivity contribution >= 4 is 29.9 Å². The van der Waals surface area contributed by atoms with Gasteiger partial charge in [0, 0.05) is 27.2 Å². The number of rotatable bonds is 7. The van der Waals surface area contributed by atoms with Crippen molar-refractivity contribution in [3.63, 3.8) is 0 Å². The molecule has 0 heterocycles. The van der Waals surface area contributed by atoms with E-state index >= 15 is 0 Å². The predicted octanol–water partition coefficient (Wildman–Crippen LogP) is 3.57. The van der Waals surface area contributed by atoms with Gasteiger partial charge < -0.3 is 19.7 Å². The van der Waals surface area contributed by atoms with E-state index in [2.05, 4.69) is 45.5 Å². The molecule has 0 unspecified atom stereocenters. The van der Waals surface area contributed by atoms with Crippen LogP contribution in [0.1, 0.15) is 11.1 Å². The lowest BCUT2D eigenvalue weighted by Gasteiger charge is -2.22. The summed E-state index contributed by atoms with van der Waals surface area (Å²) in [6, 6.07) is 16.4. The van der Waals surface area contributed by atoms with Crippen molar-refractivity contribution < 1.29 is 9.47 Å². The Balaban J connectivity index is 0.00000338. The number of nitrogens with one attached hydrogen (secondary N) is 1. The van der Waals surface area contributed by atoms with Crippen LogP contribution in [-0.4, -0.2) is 45.7 Å². The highest BCUT2D eigenvalue weighted by molar-refractivity contribution is 14.0. The molecule has 142 valence electrons. The quantitative estimate of drug-likeness (QED) is 0.383. The Bertz CT molecular complexity index is 693. The average molecular weight is 469 g/mol. The third-order valence-corrected chi connectivity index (χ3v) is 3.98. The van der Waals surface area contributed by atoms with Crippen molar-refractivity contribution in [1.29, 1.82) is 0 Å². The Morgan fingerprint density at radius 1 is 1.00 bits per heavy atom. The SMILES string of the molecule is CN=C(NCCc1ccc(OC)c(OC)c1)N(C)Cc1ccccc1.I. The van der Waals surface area contributed by atoms with Crippen LogP contribution in [-0.2, 0) is 13.0 Å². The van der Waals surface area contributed by atoms with E-state index in [1.807, 2.05) is 25.2 Å². The Kier molecular flexibility index (Phi) is 9.87. The van der Waals surface area contributed by atoms with Crippen molar-refractivity contribution in [3.8, 4) is 11.5 Å². The zero-order valence-corrected chi connectivity index (χ0v) is 18.2. The molecule has 0 aliphatic carbocycles. The van der Waals surface area contributed by atoms with E-state index in [4.69, 9.17) is 9.47 Å². The van der Waals surface area contributed by atoms with Gasteiger partial charge in [0.15, 0.2) is 17.5 Å². The first-order valence-electron chi connectivity index (χ1n) is 8.34. The van der Waals surface area contributed by atoms with Gasteiger partial charge >= 0.3 is 0 Å². The molecule has 0 fully saturated rings. The van der Waals surface area contributed by atoms with Gasteiger partial charge in [0.2, 0.25) is 0 Å². The van der Waals surface area contributed by atoms with Crippen LogP contribution >= 0.6 is 24.0 Å². The van der Waals surface area contributed by atoms with Crippen LogP contribution in [0.3, 0.4) is 0 Å². The highest BCUT2D eigenvalue weighted by Gasteiger charge is 2.07. The molecular formula is C20H28IN3O2. The summed E-state index contributed by atoms with van der Waals surface area (Å²) in [5, 5.41) is 3.41. The topological polar surface area (TPSA) is 46.1 Å². The van der Waals surface area contributed by atoms with Crippen molar-refractivity contribution in [2.24, 2.45) is 4.99 Å². The van der Waals surface area contributed by atoms with E-state index in [1.165, 1.54) is 11.1 Å². The van der Waals surface area contributed by atoms with Crippen LogP contribution in [0.4, 0.5) is 0 Å². The number of ether oxygens (including phenoxy) is 2. The van der Waals surface area contributed by atoms with E-state index in [9.17, 15) is 0 Å². The standard InChI is InChI=1S/C20H27N3O2.HI/c1-21-20(23(2)15-17-8-6-5-7-9-17)22-13-12-16-10-11-18(24-3)19(14-16)25-4;/h5-11,14H,12-13,15H2,1-4H3,(H,21,22);1H. The highest BCUT2D eigenvalue weighted by Crippen LogP contribution is 2.27. The molecule has 0 bridgehead atoms. The summed E-state index contributed by atoms with van der Waals surface area (Å²) >= 11 is 0. The smallest absolute Gasteiger partial charge is 0.193 e. The lowest BCUT2D eigenvalue weighted by molar-refractivity contribution is 0.354. The Labute approximate surface area is 173 Å². The second-order valence-electron chi connectivity index (χ2n) is 5.75. The van der Waals surface area contributed by atoms with Gasteiger partial charge in [-0.05, 0) is 29.7 Å². The number of aliphatic imine (C=N–C) groups is 1. The van der Waals surface area contributed by atoms with Crippen LogP contribution in [0.25, 0.3) is 0 Å². The van der Waals surface area contributed by atoms with Crippen LogP contribution in [0, 0.1) is 0 Å². The van der Waals surface area contributed by atoms with Gasteiger partial charge in [0.1, 0.15) is 0 Å². The maximum atomic E-state index is 5.35. The van der Waals surface area contributed by atoms with Gasteiger partial charge in [-0.1, -0.05) is 36.4 Å². The number of hydrogen-bond donors (Lipinski definition) is 1. The second kappa shape index (κ2) is 11.6. The van der Waals surface area contributed by atoms with Crippen LogP contribution in [0.5, 0.6) is 11.5 Å². The number of halogens is 1. The largest absolute Gasteiger partial charge is 0.493 e. The van der Waals surface area contributed by atoms with Crippen molar-refractivity contribution in [2.45, 2.75) is 13.0 Å². The van der Waals surface area contributed by atoms with Gasteiger partial charge in [0.25, 0.3) is 0 Å². The van der Waals surface area contributed by atoms with Gasteiger partial charge in [-0.25, -0.2) is 0 Å². The molecule has 0 saturated heterocycles. The third-order valence-electron chi connectivity index (χ3n) is 3.98. The Hall–Kier alpha value is -1.96. The summed E-state index contributed by atoms with van der Waals surface area (Å²) in [6.07, 6.45) is 0.874. The summed E-state index contributed by atoms with van der Waals surface area (Å²) < 4.78 is 10.6. The number of guanidine groups is 1. The summed E-state index contributed by atoms with van der Waals surface area (Å²) in [5.41, 5.74) is 2.44. The maximum absolute atomic E-state index is 5.35. The van der Waals surface area contributed by atoms with Crippen molar-refractivity contribution in [2.75, 3.05) is 34.9 Å². The molecule has 2 rings (SSSR count). The molecule has 0 radical (unpaired) electrons. The average Bonchev–Trinajstić information content (AvgIpc) is 2.65. The van der Waals surface area contributed by atoms with Crippen molar-refractivity contribution in [3.05, 3.63) is 59.7 Å². The number of hydrogen-bond acceptors (Lipinski definition) is 3. The first kappa shape index (κ1) is 22.1. The normalized spacial score (nSPS) is 10.7. The fraction of sp³-hybridized carbons (Fsp3) is 0.350. The number of benzene rings is 2. The van der Waals surface area contributed by atoms with E-state index in [-0.39, 0.29) is 24.0 Å². The molecule has 2 aromatic carbocycles. The molecule has 1 N–H and O–H groups in total. The van der Waals surface area contributed by atoms with E-state index in [1.54, 1.807) is 21.3 Å².